The lowest BCUT2D eigenvalue weighted by Gasteiger charge is -2.18. The van der Waals surface area contributed by atoms with Crippen molar-refractivity contribution in [1.29, 1.82) is 0 Å². The molecule has 1 amide bonds. The predicted octanol–water partition coefficient (Wildman–Crippen LogP) is 4.08. The lowest BCUT2D eigenvalue weighted by atomic mass is 10.1. The van der Waals surface area contributed by atoms with Gasteiger partial charge in [0.2, 0.25) is 0 Å². The first-order valence-corrected chi connectivity index (χ1v) is 9.04. The number of benzene rings is 2. The fraction of sp³-hybridized carbons (Fsp3) is 0.273. The summed E-state index contributed by atoms with van der Waals surface area (Å²) in [7, 11) is 0. The topological polar surface area (TPSA) is 73.7 Å². The molecule has 2 rings (SSSR count). The van der Waals surface area contributed by atoms with Crippen LogP contribution in [-0.2, 0) is 11.2 Å². The first-order valence-electron chi connectivity index (χ1n) is 9.04. The number of hydrogen-bond acceptors (Lipinski definition) is 4. The van der Waals surface area contributed by atoms with E-state index in [1.54, 1.807) is 12.1 Å². The number of anilines is 1. The molecule has 5 heteroatoms. The van der Waals surface area contributed by atoms with Crippen molar-refractivity contribution in [3.8, 4) is 5.75 Å². The highest BCUT2D eigenvalue weighted by atomic mass is 16.3. The highest BCUT2D eigenvalue weighted by molar-refractivity contribution is 5.88. The van der Waals surface area contributed by atoms with Crippen LogP contribution in [-0.4, -0.2) is 23.3 Å². The van der Waals surface area contributed by atoms with E-state index in [4.69, 9.17) is 0 Å². The maximum absolute atomic E-state index is 12.4. The van der Waals surface area contributed by atoms with E-state index in [0.717, 1.165) is 16.8 Å². The minimum absolute atomic E-state index is 0.149. The van der Waals surface area contributed by atoms with Gasteiger partial charge in [-0.25, -0.2) is 5.43 Å². The number of phenols is 1. The van der Waals surface area contributed by atoms with Crippen molar-refractivity contribution in [3.05, 3.63) is 71.3 Å². The van der Waals surface area contributed by atoms with Crippen LogP contribution >= 0.6 is 0 Å². The molecule has 3 N–H and O–H groups in total. The van der Waals surface area contributed by atoms with Gasteiger partial charge in [-0.05, 0) is 49.9 Å². The van der Waals surface area contributed by atoms with Crippen molar-refractivity contribution in [2.45, 2.75) is 39.7 Å². The number of aromatic hydroxyl groups is 1. The molecule has 27 heavy (non-hydrogen) atoms. The predicted molar refractivity (Wildman–Crippen MR) is 111 cm³/mol. The number of aryl methyl sites for hydroxylation is 2. The average molecular weight is 365 g/mol. The summed E-state index contributed by atoms with van der Waals surface area (Å²) >= 11 is 0. The van der Waals surface area contributed by atoms with Gasteiger partial charge < -0.3 is 10.4 Å². The molecule has 0 spiro atoms. The second-order valence-corrected chi connectivity index (χ2v) is 6.51. The number of para-hydroxylation sites is 1. The fourth-order valence-electron chi connectivity index (χ4n) is 2.80. The molecule has 2 aromatic carbocycles. The molecule has 0 heterocycles. The van der Waals surface area contributed by atoms with E-state index in [1.807, 2.05) is 45.0 Å². The van der Waals surface area contributed by atoms with Gasteiger partial charge in [-0.1, -0.05) is 42.8 Å². The van der Waals surface area contributed by atoms with Crippen LogP contribution in [0.25, 0.3) is 0 Å². The molecule has 142 valence electrons. The van der Waals surface area contributed by atoms with E-state index in [0.29, 0.717) is 18.4 Å². The van der Waals surface area contributed by atoms with Crippen LogP contribution in [0.5, 0.6) is 5.75 Å². The van der Waals surface area contributed by atoms with E-state index >= 15 is 0 Å². The van der Waals surface area contributed by atoms with Gasteiger partial charge >= 0.3 is 0 Å². The van der Waals surface area contributed by atoms with E-state index in [9.17, 15) is 9.90 Å². The minimum atomic E-state index is -0.399. The number of nitrogens with one attached hydrogen (secondary N) is 2. The maximum Gasteiger partial charge on any atom is 0.262 e. The summed E-state index contributed by atoms with van der Waals surface area (Å²) in [6.45, 7) is 9.66. The van der Waals surface area contributed by atoms with Crippen molar-refractivity contribution in [2.24, 2.45) is 5.10 Å². The SMILES string of the molecule is C=CCc1cccc(/C=N\NC(=O)[C@@H](CC)Nc2ccc(C)cc2C)c1O. The number of carbonyl (C=O) groups excluding carboxylic acids is 1. The standard InChI is InChI=1S/C22H27N3O2/c1-5-8-17-9-7-10-18(21(17)26)14-23-25-22(27)19(6-2)24-20-12-11-15(3)13-16(20)4/h5,7,9-14,19,24,26H,1,6,8H2,2-4H3,(H,25,27)/b23-14-/t19-/m1/s1. The van der Waals surface area contributed by atoms with Gasteiger partial charge in [-0.2, -0.15) is 5.10 Å². The molecule has 0 fully saturated rings. The van der Waals surface area contributed by atoms with Crippen LogP contribution in [0.1, 0.15) is 35.6 Å². The third-order valence-electron chi connectivity index (χ3n) is 4.33. The van der Waals surface area contributed by atoms with Gasteiger partial charge in [-0.15, -0.1) is 6.58 Å². The minimum Gasteiger partial charge on any atom is -0.507 e. The Hall–Kier alpha value is -3.08. The fourth-order valence-corrected chi connectivity index (χ4v) is 2.80. The quantitative estimate of drug-likeness (QED) is 0.375. The van der Waals surface area contributed by atoms with Gasteiger partial charge in [0.05, 0.1) is 6.21 Å². The number of carbonyl (C=O) groups is 1. The average Bonchev–Trinajstić information content (AvgIpc) is 2.64. The Labute approximate surface area is 160 Å². The van der Waals surface area contributed by atoms with Crippen LogP contribution < -0.4 is 10.7 Å². The monoisotopic (exact) mass is 365 g/mol. The molecule has 0 radical (unpaired) electrons. The second-order valence-electron chi connectivity index (χ2n) is 6.51. The molecule has 0 aromatic heterocycles. The van der Waals surface area contributed by atoms with Crippen molar-refractivity contribution in [1.82, 2.24) is 5.43 Å². The van der Waals surface area contributed by atoms with E-state index in [-0.39, 0.29) is 11.7 Å². The van der Waals surface area contributed by atoms with Crippen molar-refractivity contribution >= 4 is 17.8 Å². The molecule has 0 unspecified atom stereocenters. The lowest BCUT2D eigenvalue weighted by molar-refractivity contribution is -0.121. The summed E-state index contributed by atoms with van der Waals surface area (Å²) in [5, 5.41) is 17.5. The number of rotatable bonds is 8. The highest BCUT2D eigenvalue weighted by Gasteiger charge is 2.16. The summed E-state index contributed by atoms with van der Waals surface area (Å²) in [4.78, 5) is 12.4. The Balaban J connectivity index is 2.03. The number of nitrogens with zero attached hydrogens (tertiary/aromatic N) is 1. The Kier molecular flexibility index (Phi) is 7.17. The maximum atomic E-state index is 12.4. The first kappa shape index (κ1) is 20.2. The number of amides is 1. The van der Waals surface area contributed by atoms with E-state index in [2.05, 4.69) is 28.5 Å². The molecule has 0 aliphatic carbocycles. The van der Waals surface area contributed by atoms with Crippen molar-refractivity contribution in [2.75, 3.05) is 5.32 Å². The van der Waals surface area contributed by atoms with Gasteiger partial charge in [0.1, 0.15) is 11.8 Å². The Bertz CT molecular complexity index is 843. The van der Waals surface area contributed by atoms with Gasteiger partial charge in [0.15, 0.2) is 0 Å². The number of hydrazone groups is 1. The number of allylic oxidation sites excluding steroid dienone is 1. The smallest absolute Gasteiger partial charge is 0.262 e. The van der Waals surface area contributed by atoms with E-state index < -0.39 is 6.04 Å². The summed E-state index contributed by atoms with van der Waals surface area (Å²) in [6, 6.07) is 11.1. The molecular weight excluding hydrogens is 338 g/mol. The zero-order valence-electron chi connectivity index (χ0n) is 16.1. The molecular formula is C22H27N3O2. The summed E-state index contributed by atoms with van der Waals surface area (Å²) in [5.74, 6) is -0.0775. The number of phenolic OH excluding ortho intramolecular Hbond substituents is 1. The molecule has 1 atom stereocenters. The Morgan fingerprint density at radius 2 is 2.07 bits per heavy atom. The third kappa shape index (κ3) is 5.45. The molecule has 2 aromatic rings. The van der Waals surface area contributed by atoms with Crippen molar-refractivity contribution in [3.63, 3.8) is 0 Å². The van der Waals surface area contributed by atoms with Gasteiger partial charge in [0, 0.05) is 11.3 Å². The summed E-state index contributed by atoms with van der Waals surface area (Å²) < 4.78 is 0. The lowest BCUT2D eigenvalue weighted by Crippen LogP contribution is -2.37. The molecule has 0 aliphatic heterocycles. The van der Waals surface area contributed by atoms with Crippen LogP contribution in [0.15, 0.2) is 54.2 Å². The van der Waals surface area contributed by atoms with Crippen LogP contribution in [0.4, 0.5) is 5.69 Å². The second kappa shape index (κ2) is 9.57. The first-order chi connectivity index (χ1) is 13.0. The van der Waals surface area contributed by atoms with Gasteiger partial charge in [-0.3, -0.25) is 4.79 Å². The molecule has 0 saturated carbocycles. The van der Waals surface area contributed by atoms with E-state index in [1.165, 1.54) is 11.8 Å². The van der Waals surface area contributed by atoms with Crippen LogP contribution in [0.2, 0.25) is 0 Å². The summed E-state index contributed by atoms with van der Waals surface area (Å²) in [6.07, 6.45) is 4.36. The Morgan fingerprint density at radius 3 is 2.74 bits per heavy atom. The van der Waals surface area contributed by atoms with Crippen molar-refractivity contribution < 1.29 is 9.90 Å². The highest BCUT2D eigenvalue weighted by Crippen LogP contribution is 2.21. The molecule has 0 bridgehead atoms. The van der Waals surface area contributed by atoms with Gasteiger partial charge in [0.25, 0.3) is 5.91 Å². The number of hydrogen-bond donors (Lipinski definition) is 3. The van der Waals surface area contributed by atoms with Crippen LogP contribution in [0, 0.1) is 13.8 Å². The zero-order valence-corrected chi connectivity index (χ0v) is 16.1. The Morgan fingerprint density at radius 1 is 1.30 bits per heavy atom. The molecule has 0 aliphatic rings. The third-order valence-corrected chi connectivity index (χ3v) is 4.33. The normalized spacial score (nSPS) is 12.0. The molecule has 5 nitrogen and oxygen atoms in total. The zero-order chi connectivity index (χ0) is 19.8. The summed E-state index contributed by atoms with van der Waals surface area (Å²) in [5.41, 5.74) is 7.06. The molecule has 0 saturated heterocycles. The largest absolute Gasteiger partial charge is 0.507 e. The van der Waals surface area contributed by atoms with Crippen LogP contribution in [0.3, 0.4) is 0 Å².